The summed E-state index contributed by atoms with van der Waals surface area (Å²) in [7, 11) is 3.10. The van der Waals surface area contributed by atoms with Crippen molar-refractivity contribution in [2.24, 2.45) is 5.92 Å². The number of aliphatic hydroxyl groups is 2. The topological polar surface area (TPSA) is 88.0 Å². The highest BCUT2D eigenvalue weighted by Crippen LogP contribution is 2.27. The predicted molar refractivity (Wildman–Crippen MR) is 76.2 cm³/mol. The number of benzene rings is 1. The van der Waals surface area contributed by atoms with Gasteiger partial charge in [-0.1, -0.05) is 0 Å². The van der Waals surface area contributed by atoms with Crippen LogP contribution in [0.2, 0.25) is 0 Å². The number of hydrogen-bond donors (Lipinski definition) is 3. The number of carbonyl (C=O) groups is 1. The Hall–Kier alpha value is -1.63. The largest absolute Gasteiger partial charge is 0.497 e. The molecular formula is C15H21NO5. The van der Waals surface area contributed by atoms with E-state index in [0.717, 1.165) is 0 Å². The van der Waals surface area contributed by atoms with Crippen molar-refractivity contribution in [3.8, 4) is 5.75 Å². The minimum Gasteiger partial charge on any atom is -0.497 e. The molecule has 2 rings (SSSR count). The van der Waals surface area contributed by atoms with E-state index < -0.39 is 18.2 Å². The second kappa shape index (κ2) is 6.89. The summed E-state index contributed by atoms with van der Waals surface area (Å²) in [6, 6.07) is 6.22. The summed E-state index contributed by atoms with van der Waals surface area (Å²) in [5, 5.41) is 22.7. The van der Waals surface area contributed by atoms with Crippen molar-refractivity contribution in [2.75, 3.05) is 20.8 Å². The number of rotatable bonds is 5. The number of aliphatic hydroxyl groups excluding tert-OH is 2. The molecule has 21 heavy (non-hydrogen) atoms. The molecule has 6 nitrogen and oxygen atoms in total. The quantitative estimate of drug-likeness (QED) is 0.721. The second-order valence-electron chi connectivity index (χ2n) is 5.24. The van der Waals surface area contributed by atoms with E-state index in [1.54, 1.807) is 38.5 Å². The van der Waals surface area contributed by atoms with Gasteiger partial charge in [-0.25, -0.2) is 0 Å². The van der Waals surface area contributed by atoms with Crippen LogP contribution in [-0.4, -0.2) is 55.2 Å². The van der Waals surface area contributed by atoms with Gasteiger partial charge in [-0.2, -0.15) is 0 Å². The lowest BCUT2D eigenvalue weighted by Gasteiger charge is -2.18. The van der Waals surface area contributed by atoms with Gasteiger partial charge in [-0.05, 0) is 30.7 Å². The van der Waals surface area contributed by atoms with E-state index >= 15 is 0 Å². The van der Waals surface area contributed by atoms with Crippen molar-refractivity contribution in [1.82, 2.24) is 5.32 Å². The SMILES string of the molecule is COCC1CC(NC(=O)c2ccc(OC)cc2)C(O)C1O. The standard InChI is InChI=1S/C15H21NO5/c1-20-8-10-7-12(14(18)13(10)17)16-15(19)9-3-5-11(21-2)6-4-9/h3-6,10,12-14,17-18H,7-8H2,1-2H3,(H,16,19). The molecule has 1 amide bonds. The Kier molecular flexibility index (Phi) is 5.17. The molecule has 1 aromatic rings. The Morgan fingerprint density at radius 2 is 1.90 bits per heavy atom. The number of hydrogen-bond acceptors (Lipinski definition) is 5. The summed E-state index contributed by atoms with van der Waals surface area (Å²) >= 11 is 0. The molecule has 0 bridgehead atoms. The fraction of sp³-hybridized carbons (Fsp3) is 0.533. The Bertz CT molecular complexity index is 475. The Labute approximate surface area is 123 Å². The maximum absolute atomic E-state index is 12.1. The highest BCUT2D eigenvalue weighted by molar-refractivity contribution is 5.94. The third-order valence-corrected chi connectivity index (χ3v) is 3.85. The lowest BCUT2D eigenvalue weighted by molar-refractivity contribution is -0.00552. The van der Waals surface area contributed by atoms with Crippen LogP contribution in [0.1, 0.15) is 16.8 Å². The Morgan fingerprint density at radius 1 is 1.24 bits per heavy atom. The number of nitrogens with one attached hydrogen (secondary N) is 1. The van der Waals surface area contributed by atoms with Crippen LogP contribution in [0.5, 0.6) is 5.75 Å². The molecule has 1 aliphatic carbocycles. The van der Waals surface area contributed by atoms with Crippen molar-refractivity contribution in [1.29, 1.82) is 0 Å². The molecule has 4 atom stereocenters. The first-order valence-corrected chi connectivity index (χ1v) is 6.86. The average Bonchev–Trinajstić information content (AvgIpc) is 2.76. The molecule has 1 saturated carbocycles. The van der Waals surface area contributed by atoms with E-state index in [-0.39, 0.29) is 11.8 Å². The third-order valence-electron chi connectivity index (χ3n) is 3.85. The van der Waals surface area contributed by atoms with Gasteiger partial charge in [-0.15, -0.1) is 0 Å². The zero-order valence-corrected chi connectivity index (χ0v) is 12.2. The Balaban J connectivity index is 1.98. The van der Waals surface area contributed by atoms with E-state index in [2.05, 4.69) is 5.32 Å². The molecule has 0 aliphatic heterocycles. The van der Waals surface area contributed by atoms with Crippen molar-refractivity contribution in [2.45, 2.75) is 24.7 Å². The van der Waals surface area contributed by atoms with E-state index in [1.165, 1.54) is 0 Å². The molecule has 0 radical (unpaired) electrons. The molecule has 1 aromatic carbocycles. The number of carbonyl (C=O) groups excluding carboxylic acids is 1. The van der Waals surface area contributed by atoms with Crippen LogP contribution in [0.4, 0.5) is 0 Å². The van der Waals surface area contributed by atoms with Gasteiger partial charge in [0.2, 0.25) is 0 Å². The van der Waals surface area contributed by atoms with Crippen LogP contribution < -0.4 is 10.1 Å². The van der Waals surface area contributed by atoms with Crippen LogP contribution in [0, 0.1) is 5.92 Å². The molecule has 0 aromatic heterocycles. The van der Waals surface area contributed by atoms with Crippen molar-refractivity contribution < 1.29 is 24.5 Å². The lowest BCUT2D eigenvalue weighted by Crippen LogP contribution is -2.43. The van der Waals surface area contributed by atoms with E-state index in [4.69, 9.17) is 9.47 Å². The summed E-state index contributed by atoms with van der Waals surface area (Å²) in [5.41, 5.74) is 0.479. The molecule has 1 fully saturated rings. The zero-order chi connectivity index (χ0) is 15.4. The van der Waals surface area contributed by atoms with E-state index in [0.29, 0.717) is 24.3 Å². The first-order valence-electron chi connectivity index (χ1n) is 6.86. The van der Waals surface area contributed by atoms with Crippen LogP contribution in [-0.2, 0) is 4.74 Å². The molecule has 116 valence electrons. The fourth-order valence-corrected chi connectivity index (χ4v) is 2.64. The molecule has 3 N–H and O–H groups in total. The van der Waals surface area contributed by atoms with Gasteiger partial charge >= 0.3 is 0 Å². The summed E-state index contributed by atoms with van der Waals surface area (Å²) in [6.07, 6.45) is -1.38. The maximum atomic E-state index is 12.1. The van der Waals surface area contributed by atoms with Gasteiger partial charge in [0.05, 0.1) is 25.9 Å². The van der Waals surface area contributed by atoms with Crippen LogP contribution in [0.25, 0.3) is 0 Å². The molecule has 4 unspecified atom stereocenters. The maximum Gasteiger partial charge on any atom is 0.251 e. The molecular weight excluding hydrogens is 274 g/mol. The van der Waals surface area contributed by atoms with E-state index in [9.17, 15) is 15.0 Å². The van der Waals surface area contributed by atoms with Gasteiger partial charge in [0, 0.05) is 18.6 Å². The average molecular weight is 295 g/mol. The minimum absolute atomic E-state index is 0.175. The zero-order valence-electron chi connectivity index (χ0n) is 12.2. The number of ether oxygens (including phenoxy) is 2. The Morgan fingerprint density at radius 3 is 2.48 bits per heavy atom. The van der Waals surface area contributed by atoms with Gasteiger partial charge < -0.3 is 25.0 Å². The van der Waals surface area contributed by atoms with Gasteiger partial charge in [-0.3, -0.25) is 4.79 Å². The fourth-order valence-electron chi connectivity index (χ4n) is 2.64. The summed E-state index contributed by atoms with van der Waals surface area (Å²) in [5.74, 6) is 0.209. The summed E-state index contributed by atoms with van der Waals surface area (Å²) < 4.78 is 10.0. The van der Waals surface area contributed by atoms with Crippen LogP contribution in [0.15, 0.2) is 24.3 Å². The first kappa shape index (κ1) is 15.8. The molecule has 0 heterocycles. The van der Waals surface area contributed by atoms with Gasteiger partial charge in [0.1, 0.15) is 11.9 Å². The summed E-state index contributed by atoms with van der Waals surface area (Å²) in [4.78, 5) is 12.1. The highest BCUT2D eigenvalue weighted by atomic mass is 16.5. The van der Waals surface area contributed by atoms with Crippen LogP contribution >= 0.6 is 0 Å². The monoisotopic (exact) mass is 295 g/mol. The molecule has 0 saturated heterocycles. The highest BCUT2D eigenvalue weighted by Gasteiger charge is 2.42. The predicted octanol–water partition coefficient (Wildman–Crippen LogP) is 0.182. The molecule has 1 aliphatic rings. The van der Waals surface area contributed by atoms with Crippen molar-refractivity contribution >= 4 is 5.91 Å². The van der Waals surface area contributed by atoms with Gasteiger partial charge in [0.15, 0.2) is 0 Å². The normalized spacial score (nSPS) is 28.4. The summed E-state index contributed by atoms with van der Waals surface area (Å²) in [6.45, 7) is 0.354. The lowest BCUT2D eigenvalue weighted by atomic mass is 10.1. The number of methoxy groups -OCH3 is 2. The van der Waals surface area contributed by atoms with Crippen LogP contribution in [0.3, 0.4) is 0 Å². The third kappa shape index (κ3) is 3.53. The van der Waals surface area contributed by atoms with E-state index in [1.807, 2.05) is 0 Å². The number of amides is 1. The second-order valence-corrected chi connectivity index (χ2v) is 5.24. The minimum atomic E-state index is -0.979. The molecule has 6 heteroatoms. The smallest absolute Gasteiger partial charge is 0.251 e. The van der Waals surface area contributed by atoms with Gasteiger partial charge in [0.25, 0.3) is 5.91 Å². The molecule has 0 spiro atoms. The first-order chi connectivity index (χ1) is 10.1. The van der Waals surface area contributed by atoms with Crippen molar-refractivity contribution in [3.63, 3.8) is 0 Å². The van der Waals surface area contributed by atoms with Crippen molar-refractivity contribution in [3.05, 3.63) is 29.8 Å².